The zero-order chi connectivity index (χ0) is 12.2. The fourth-order valence-corrected chi connectivity index (χ4v) is 1.88. The Bertz CT molecular complexity index is 649. The summed E-state index contributed by atoms with van der Waals surface area (Å²) in [7, 11) is 0. The van der Waals surface area contributed by atoms with Crippen LogP contribution >= 0.6 is 0 Å². The van der Waals surface area contributed by atoms with Crippen LogP contribution in [0.5, 0.6) is 5.75 Å². The molecule has 0 aliphatic rings. The lowest BCUT2D eigenvalue weighted by Crippen LogP contribution is -1.96. The molecule has 0 spiro atoms. The largest absolute Gasteiger partial charge is 0.489 e. The number of ether oxygens (including phenoxy) is 1. The zero-order valence-electron chi connectivity index (χ0n) is 9.91. The number of benzene rings is 2. The summed E-state index contributed by atoms with van der Waals surface area (Å²) in [4.78, 5) is 4.41. The molecule has 0 fully saturated rings. The van der Waals surface area contributed by atoms with Gasteiger partial charge in [-0.3, -0.25) is 4.98 Å². The van der Waals surface area contributed by atoms with Crippen molar-refractivity contribution in [3.63, 3.8) is 0 Å². The number of rotatable bonds is 3. The number of fused-ring (bicyclic) bond motifs is 1. The lowest BCUT2D eigenvalue weighted by Gasteiger charge is -2.06. The van der Waals surface area contributed by atoms with Gasteiger partial charge in [-0.05, 0) is 24.3 Å². The summed E-state index contributed by atoms with van der Waals surface area (Å²) in [6.07, 6.45) is 1.87. The van der Waals surface area contributed by atoms with E-state index in [1.165, 1.54) is 0 Å². The average molecular weight is 235 g/mol. The van der Waals surface area contributed by atoms with Crippen molar-refractivity contribution >= 4 is 10.9 Å². The van der Waals surface area contributed by atoms with E-state index in [0.29, 0.717) is 6.61 Å². The molecule has 0 amide bonds. The molecule has 0 bridgehead atoms. The molecular formula is C16H13NO. The average Bonchev–Trinajstić information content (AvgIpc) is 2.46. The summed E-state index contributed by atoms with van der Waals surface area (Å²) in [5.74, 6) is 0.880. The van der Waals surface area contributed by atoms with Crippen LogP contribution in [0.15, 0.2) is 66.9 Å². The van der Waals surface area contributed by atoms with Crippen LogP contribution in [0.1, 0.15) is 5.56 Å². The van der Waals surface area contributed by atoms with E-state index in [9.17, 15) is 0 Å². The second-order valence-electron chi connectivity index (χ2n) is 4.14. The van der Waals surface area contributed by atoms with Crippen LogP contribution in [-0.4, -0.2) is 4.98 Å². The Balaban J connectivity index is 1.79. The summed E-state index contributed by atoms with van der Waals surface area (Å²) in [6, 6.07) is 20.0. The molecule has 0 radical (unpaired) electrons. The number of aromatic nitrogens is 1. The summed E-state index contributed by atoms with van der Waals surface area (Å²) < 4.78 is 5.70. The summed E-state index contributed by atoms with van der Waals surface area (Å²) in [5.41, 5.74) is 2.10. The number of pyridine rings is 1. The first-order chi connectivity index (χ1) is 8.92. The van der Waals surface area contributed by atoms with E-state index >= 15 is 0 Å². The predicted octanol–water partition coefficient (Wildman–Crippen LogP) is 3.81. The minimum atomic E-state index is 0.543. The zero-order valence-corrected chi connectivity index (χ0v) is 9.91. The SMILES string of the molecule is c1ccc(OCc2cnc3ccccc3c2)cc1. The molecule has 2 heteroatoms. The van der Waals surface area contributed by atoms with Crippen molar-refractivity contribution < 1.29 is 4.74 Å². The highest BCUT2D eigenvalue weighted by Gasteiger charge is 1.98. The molecule has 0 saturated carbocycles. The van der Waals surface area contributed by atoms with Gasteiger partial charge in [-0.2, -0.15) is 0 Å². The molecule has 0 saturated heterocycles. The Morgan fingerprint density at radius 1 is 0.889 bits per heavy atom. The van der Waals surface area contributed by atoms with Crippen LogP contribution in [0.25, 0.3) is 10.9 Å². The van der Waals surface area contributed by atoms with Crippen LogP contribution in [0.2, 0.25) is 0 Å². The Morgan fingerprint density at radius 3 is 2.56 bits per heavy atom. The topological polar surface area (TPSA) is 22.1 Å². The van der Waals surface area contributed by atoms with Crippen molar-refractivity contribution in [3.05, 3.63) is 72.4 Å². The smallest absolute Gasteiger partial charge is 0.119 e. The second kappa shape index (κ2) is 4.88. The van der Waals surface area contributed by atoms with Gasteiger partial charge in [-0.25, -0.2) is 0 Å². The Morgan fingerprint density at radius 2 is 1.67 bits per heavy atom. The highest BCUT2D eigenvalue weighted by molar-refractivity contribution is 5.78. The van der Waals surface area contributed by atoms with E-state index in [1.807, 2.05) is 54.7 Å². The molecule has 1 aromatic heterocycles. The first-order valence-corrected chi connectivity index (χ1v) is 5.93. The van der Waals surface area contributed by atoms with E-state index in [1.54, 1.807) is 0 Å². The van der Waals surface area contributed by atoms with Gasteiger partial charge in [-0.1, -0.05) is 36.4 Å². The molecule has 0 aliphatic carbocycles. The van der Waals surface area contributed by atoms with Gasteiger partial charge in [0.15, 0.2) is 0 Å². The van der Waals surface area contributed by atoms with Crippen molar-refractivity contribution in [2.75, 3.05) is 0 Å². The van der Waals surface area contributed by atoms with Gasteiger partial charge in [0.1, 0.15) is 12.4 Å². The van der Waals surface area contributed by atoms with E-state index < -0.39 is 0 Å². The van der Waals surface area contributed by atoms with Crippen LogP contribution in [-0.2, 0) is 6.61 Å². The normalized spacial score (nSPS) is 10.4. The first-order valence-electron chi connectivity index (χ1n) is 5.93. The lowest BCUT2D eigenvalue weighted by atomic mass is 10.2. The van der Waals surface area contributed by atoms with Crippen molar-refractivity contribution in [3.8, 4) is 5.75 Å². The third kappa shape index (κ3) is 2.33. The van der Waals surface area contributed by atoms with Gasteiger partial charge in [0.25, 0.3) is 0 Å². The fourth-order valence-electron chi connectivity index (χ4n) is 1.88. The highest BCUT2D eigenvalue weighted by atomic mass is 16.5. The molecule has 18 heavy (non-hydrogen) atoms. The number of para-hydroxylation sites is 2. The quantitative estimate of drug-likeness (QED) is 0.688. The maximum atomic E-state index is 5.70. The minimum Gasteiger partial charge on any atom is -0.489 e. The maximum Gasteiger partial charge on any atom is 0.119 e. The molecule has 0 N–H and O–H groups in total. The summed E-state index contributed by atoms with van der Waals surface area (Å²) >= 11 is 0. The molecule has 0 atom stereocenters. The Kier molecular flexibility index (Phi) is 2.92. The van der Waals surface area contributed by atoms with E-state index in [2.05, 4.69) is 17.1 Å². The van der Waals surface area contributed by atoms with Crippen molar-refractivity contribution in [2.24, 2.45) is 0 Å². The summed E-state index contributed by atoms with van der Waals surface area (Å²) in [5, 5.41) is 1.15. The van der Waals surface area contributed by atoms with Crippen LogP contribution in [0.3, 0.4) is 0 Å². The Labute approximate surface area is 106 Å². The van der Waals surface area contributed by atoms with Crippen molar-refractivity contribution in [2.45, 2.75) is 6.61 Å². The molecule has 1 heterocycles. The van der Waals surface area contributed by atoms with Crippen LogP contribution < -0.4 is 4.74 Å². The van der Waals surface area contributed by atoms with Gasteiger partial charge < -0.3 is 4.74 Å². The van der Waals surface area contributed by atoms with Gasteiger partial charge in [-0.15, -0.1) is 0 Å². The van der Waals surface area contributed by atoms with Gasteiger partial charge >= 0.3 is 0 Å². The van der Waals surface area contributed by atoms with E-state index in [0.717, 1.165) is 22.2 Å². The van der Waals surface area contributed by atoms with E-state index in [4.69, 9.17) is 4.74 Å². The molecule has 0 unspecified atom stereocenters. The number of hydrogen-bond donors (Lipinski definition) is 0. The molecule has 3 rings (SSSR count). The van der Waals surface area contributed by atoms with Gasteiger partial charge in [0.05, 0.1) is 5.52 Å². The number of hydrogen-bond acceptors (Lipinski definition) is 2. The van der Waals surface area contributed by atoms with Crippen LogP contribution in [0.4, 0.5) is 0 Å². The third-order valence-electron chi connectivity index (χ3n) is 2.80. The maximum absolute atomic E-state index is 5.70. The monoisotopic (exact) mass is 235 g/mol. The fraction of sp³-hybridized carbons (Fsp3) is 0.0625. The predicted molar refractivity (Wildman–Crippen MR) is 72.5 cm³/mol. The Hall–Kier alpha value is -2.35. The number of nitrogens with zero attached hydrogens (tertiary/aromatic N) is 1. The lowest BCUT2D eigenvalue weighted by molar-refractivity contribution is 0.306. The van der Waals surface area contributed by atoms with E-state index in [-0.39, 0.29) is 0 Å². The second-order valence-corrected chi connectivity index (χ2v) is 4.14. The standard InChI is InChI=1S/C16H13NO/c1-2-7-15(8-3-1)18-12-13-10-14-6-4-5-9-16(14)17-11-13/h1-11H,12H2. The molecule has 0 aliphatic heterocycles. The van der Waals surface area contributed by atoms with Gasteiger partial charge in [0.2, 0.25) is 0 Å². The highest BCUT2D eigenvalue weighted by Crippen LogP contribution is 2.15. The van der Waals surface area contributed by atoms with Crippen molar-refractivity contribution in [1.82, 2.24) is 4.98 Å². The first kappa shape index (κ1) is 10.8. The molecule has 2 aromatic carbocycles. The molecule has 3 aromatic rings. The molecule has 88 valence electrons. The summed E-state index contributed by atoms with van der Waals surface area (Å²) in [6.45, 7) is 0.543. The minimum absolute atomic E-state index is 0.543. The van der Waals surface area contributed by atoms with Crippen molar-refractivity contribution in [1.29, 1.82) is 0 Å². The van der Waals surface area contributed by atoms with Gasteiger partial charge in [0, 0.05) is 17.1 Å². The third-order valence-corrected chi connectivity index (χ3v) is 2.80. The molecular weight excluding hydrogens is 222 g/mol. The molecule has 2 nitrogen and oxygen atoms in total. The van der Waals surface area contributed by atoms with Crippen LogP contribution in [0, 0.1) is 0 Å².